The van der Waals surface area contributed by atoms with Crippen molar-refractivity contribution in [1.29, 1.82) is 0 Å². The zero-order chi connectivity index (χ0) is 15.4. The molecule has 1 unspecified atom stereocenters. The van der Waals surface area contributed by atoms with Crippen LogP contribution >= 0.6 is 0 Å². The molecular weight excluding hydrogens is 262 g/mol. The lowest BCUT2D eigenvalue weighted by Gasteiger charge is -2.30. The van der Waals surface area contributed by atoms with Crippen LogP contribution in [-0.4, -0.2) is 34.0 Å². The van der Waals surface area contributed by atoms with Crippen LogP contribution in [0.25, 0.3) is 0 Å². The van der Waals surface area contributed by atoms with Crippen molar-refractivity contribution in [3.63, 3.8) is 0 Å². The third kappa shape index (κ3) is 3.14. The predicted octanol–water partition coefficient (Wildman–Crippen LogP) is 1.56. The van der Waals surface area contributed by atoms with Gasteiger partial charge in [0.1, 0.15) is 12.0 Å². The average Bonchev–Trinajstić information content (AvgIpc) is 2.43. The van der Waals surface area contributed by atoms with Crippen LogP contribution in [0.4, 0.5) is 11.5 Å². The number of pyridine rings is 1. The first kappa shape index (κ1) is 15.7. The molecule has 1 atom stereocenters. The molecule has 8 heteroatoms. The van der Waals surface area contributed by atoms with Crippen LogP contribution in [0.15, 0.2) is 17.4 Å². The molecule has 0 spiro atoms. The smallest absolute Gasteiger partial charge is 0.288 e. The summed E-state index contributed by atoms with van der Waals surface area (Å²) in [5, 5.41) is 22.5. The van der Waals surface area contributed by atoms with Gasteiger partial charge in [0, 0.05) is 19.2 Å². The molecule has 0 amide bonds. The van der Waals surface area contributed by atoms with Gasteiger partial charge in [0.15, 0.2) is 5.84 Å². The monoisotopic (exact) mass is 281 g/mol. The highest BCUT2D eigenvalue weighted by atomic mass is 16.6. The van der Waals surface area contributed by atoms with E-state index in [0.29, 0.717) is 11.7 Å². The second kappa shape index (κ2) is 6.18. The minimum atomic E-state index is -0.573. The summed E-state index contributed by atoms with van der Waals surface area (Å²) in [6.07, 6.45) is 1.16. The molecule has 0 aliphatic heterocycles. The van der Waals surface area contributed by atoms with E-state index in [9.17, 15) is 10.1 Å². The van der Waals surface area contributed by atoms with Crippen LogP contribution < -0.4 is 10.6 Å². The van der Waals surface area contributed by atoms with Crippen molar-refractivity contribution in [3.05, 3.63) is 27.9 Å². The Morgan fingerprint density at radius 3 is 2.60 bits per heavy atom. The summed E-state index contributed by atoms with van der Waals surface area (Å²) in [4.78, 5) is 16.2. The van der Waals surface area contributed by atoms with Gasteiger partial charge in [-0.05, 0) is 12.8 Å². The summed E-state index contributed by atoms with van der Waals surface area (Å²) in [6, 6.07) is 1.38. The fraction of sp³-hybridized carbons (Fsp3) is 0.500. The highest BCUT2D eigenvalue weighted by Crippen LogP contribution is 2.24. The summed E-state index contributed by atoms with van der Waals surface area (Å²) in [7, 11) is 1.81. The Hall–Kier alpha value is -2.38. The van der Waals surface area contributed by atoms with Gasteiger partial charge in [0.25, 0.3) is 5.69 Å². The molecule has 20 heavy (non-hydrogen) atoms. The van der Waals surface area contributed by atoms with E-state index in [2.05, 4.69) is 24.0 Å². The molecule has 1 aromatic heterocycles. The topological polar surface area (TPSA) is 118 Å². The van der Waals surface area contributed by atoms with Gasteiger partial charge in [-0.15, -0.1) is 0 Å². The largest absolute Gasteiger partial charge is 0.409 e. The minimum Gasteiger partial charge on any atom is -0.409 e. The number of hydrogen-bond acceptors (Lipinski definition) is 6. The molecule has 0 saturated carbocycles. The Kier molecular flexibility index (Phi) is 4.84. The van der Waals surface area contributed by atoms with Gasteiger partial charge < -0.3 is 15.8 Å². The van der Waals surface area contributed by atoms with Gasteiger partial charge in [0.2, 0.25) is 0 Å². The molecule has 0 fully saturated rings. The zero-order valence-corrected chi connectivity index (χ0v) is 11.9. The summed E-state index contributed by atoms with van der Waals surface area (Å²) in [6.45, 7) is 6.11. The van der Waals surface area contributed by atoms with E-state index in [4.69, 9.17) is 10.9 Å². The summed E-state index contributed by atoms with van der Waals surface area (Å²) >= 11 is 0. The van der Waals surface area contributed by atoms with E-state index in [1.807, 2.05) is 18.9 Å². The third-order valence-corrected chi connectivity index (χ3v) is 3.36. The van der Waals surface area contributed by atoms with E-state index >= 15 is 0 Å². The lowest BCUT2D eigenvalue weighted by molar-refractivity contribution is -0.385. The number of amidine groups is 1. The van der Waals surface area contributed by atoms with E-state index < -0.39 is 4.92 Å². The van der Waals surface area contributed by atoms with Crippen molar-refractivity contribution in [2.24, 2.45) is 16.8 Å². The van der Waals surface area contributed by atoms with E-state index in [-0.39, 0.29) is 23.1 Å². The number of oxime groups is 1. The lowest BCUT2D eigenvalue weighted by Crippen LogP contribution is -2.35. The first-order valence-electron chi connectivity index (χ1n) is 6.14. The highest BCUT2D eigenvalue weighted by molar-refractivity contribution is 6.01. The van der Waals surface area contributed by atoms with Crippen molar-refractivity contribution in [2.45, 2.75) is 26.8 Å². The average molecular weight is 281 g/mol. The number of anilines is 1. The molecule has 1 heterocycles. The maximum Gasteiger partial charge on any atom is 0.288 e. The van der Waals surface area contributed by atoms with Crippen molar-refractivity contribution in [1.82, 2.24) is 4.98 Å². The molecule has 0 radical (unpaired) electrons. The molecule has 3 N–H and O–H groups in total. The number of hydrogen-bond donors (Lipinski definition) is 2. The molecule has 110 valence electrons. The van der Waals surface area contributed by atoms with Gasteiger partial charge in [-0.3, -0.25) is 10.1 Å². The molecule has 1 aromatic rings. The van der Waals surface area contributed by atoms with Crippen LogP contribution in [0.3, 0.4) is 0 Å². The quantitative estimate of drug-likeness (QED) is 0.278. The van der Waals surface area contributed by atoms with E-state index in [0.717, 1.165) is 6.20 Å². The Bertz CT molecular complexity index is 530. The van der Waals surface area contributed by atoms with E-state index in [1.165, 1.54) is 6.07 Å². The van der Waals surface area contributed by atoms with Crippen LogP contribution in [0.1, 0.15) is 26.3 Å². The summed E-state index contributed by atoms with van der Waals surface area (Å²) in [5.41, 5.74) is 5.61. The molecule has 1 rings (SSSR count). The minimum absolute atomic E-state index is 0.134. The van der Waals surface area contributed by atoms with Gasteiger partial charge in [-0.1, -0.05) is 19.0 Å². The first-order chi connectivity index (χ1) is 9.29. The van der Waals surface area contributed by atoms with Crippen LogP contribution in [0.2, 0.25) is 0 Å². The Balaban J connectivity index is 3.35. The SMILES string of the molecule is CC(C)C(C)N(C)c1ncc([N+](=O)[O-])cc1C(N)=NO. The molecule has 8 nitrogen and oxygen atoms in total. The number of nitrogens with two attached hydrogens (primary N) is 1. The molecule has 0 saturated heterocycles. The zero-order valence-electron chi connectivity index (χ0n) is 11.9. The highest BCUT2D eigenvalue weighted by Gasteiger charge is 2.22. The van der Waals surface area contributed by atoms with Crippen molar-refractivity contribution in [2.75, 3.05) is 11.9 Å². The van der Waals surface area contributed by atoms with Gasteiger partial charge >= 0.3 is 0 Å². The van der Waals surface area contributed by atoms with Crippen LogP contribution in [-0.2, 0) is 0 Å². The van der Waals surface area contributed by atoms with Gasteiger partial charge in [0.05, 0.1) is 10.5 Å². The molecule has 0 bridgehead atoms. The standard InChI is InChI=1S/C12H19N5O3/c1-7(2)8(3)16(4)12-10(11(13)15-18)5-9(6-14-12)17(19)20/h5-8,18H,1-4H3,(H2,13,15). The molecule has 0 aromatic carbocycles. The fourth-order valence-electron chi connectivity index (χ4n) is 1.71. The molecule has 0 aliphatic carbocycles. The Morgan fingerprint density at radius 2 is 2.15 bits per heavy atom. The maximum atomic E-state index is 10.8. The second-order valence-corrected chi connectivity index (χ2v) is 4.90. The number of nitro groups is 1. The summed E-state index contributed by atoms with van der Waals surface area (Å²) < 4.78 is 0. The molecular formula is C12H19N5O3. The summed E-state index contributed by atoms with van der Waals surface area (Å²) in [5.74, 6) is 0.572. The van der Waals surface area contributed by atoms with Crippen LogP contribution in [0, 0.1) is 16.0 Å². The van der Waals surface area contributed by atoms with Crippen molar-refractivity contribution < 1.29 is 10.1 Å². The normalized spacial score (nSPS) is 13.3. The van der Waals surface area contributed by atoms with Gasteiger partial charge in [-0.2, -0.15) is 0 Å². The van der Waals surface area contributed by atoms with Crippen molar-refractivity contribution in [3.8, 4) is 0 Å². The lowest BCUT2D eigenvalue weighted by atomic mass is 10.0. The predicted molar refractivity (Wildman–Crippen MR) is 76.1 cm³/mol. The molecule has 0 aliphatic rings. The number of rotatable bonds is 5. The van der Waals surface area contributed by atoms with Crippen molar-refractivity contribution >= 4 is 17.3 Å². The number of aromatic nitrogens is 1. The Labute approximate surface area is 117 Å². The van der Waals surface area contributed by atoms with E-state index in [1.54, 1.807) is 0 Å². The fourth-order valence-corrected chi connectivity index (χ4v) is 1.71. The Morgan fingerprint density at radius 1 is 1.55 bits per heavy atom. The number of nitrogens with zero attached hydrogens (tertiary/aromatic N) is 4. The first-order valence-corrected chi connectivity index (χ1v) is 6.14. The van der Waals surface area contributed by atoms with Crippen LogP contribution in [0.5, 0.6) is 0 Å². The second-order valence-electron chi connectivity index (χ2n) is 4.90. The van der Waals surface area contributed by atoms with Gasteiger partial charge in [-0.25, -0.2) is 4.98 Å². The maximum absolute atomic E-state index is 10.8. The third-order valence-electron chi connectivity index (χ3n) is 3.36.